The van der Waals surface area contributed by atoms with Gasteiger partial charge in [-0.1, -0.05) is 27.7 Å². The Morgan fingerprint density at radius 2 is 1.44 bits per heavy atom. The van der Waals surface area contributed by atoms with Gasteiger partial charge >= 0.3 is 6.18 Å². The Morgan fingerprint density at radius 3 is 1.61 bits per heavy atom. The van der Waals surface area contributed by atoms with Crippen molar-refractivity contribution in [2.75, 3.05) is 14.1 Å². The summed E-state index contributed by atoms with van der Waals surface area (Å²) >= 11 is 0. The van der Waals surface area contributed by atoms with Crippen molar-refractivity contribution in [2.24, 2.45) is 11.3 Å². The third-order valence-electron chi connectivity index (χ3n) is 3.74. The van der Waals surface area contributed by atoms with Crippen LogP contribution in [0.3, 0.4) is 0 Å². The third kappa shape index (κ3) is 2.91. The van der Waals surface area contributed by atoms with Crippen LogP contribution in [0.2, 0.25) is 13.1 Å². The maximum atomic E-state index is 13.7. The van der Waals surface area contributed by atoms with Crippen molar-refractivity contribution in [1.82, 2.24) is 4.90 Å². The predicted molar refractivity (Wildman–Crippen MR) is 71.1 cm³/mol. The molecule has 0 amide bonds. The van der Waals surface area contributed by atoms with Crippen LogP contribution in [0.1, 0.15) is 27.7 Å². The first kappa shape index (κ1) is 17.9. The first-order valence-corrected chi connectivity index (χ1v) is 9.00. The van der Waals surface area contributed by atoms with Gasteiger partial charge in [0.2, 0.25) is 5.72 Å². The highest BCUT2D eigenvalue weighted by Gasteiger charge is 2.66. The second kappa shape index (κ2) is 5.51. The lowest BCUT2D eigenvalue weighted by atomic mass is 9.71. The van der Waals surface area contributed by atoms with Crippen LogP contribution in [0.4, 0.5) is 13.2 Å². The second-order valence-corrected chi connectivity index (χ2v) is 8.41. The minimum absolute atomic E-state index is 0.158. The molecule has 0 heterocycles. The molecule has 0 saturated carbocycles. The van der Waals surface area contributed by atoms with Crippen molar-refractivity contribution >= 4 is 9.04 Å². The Bertz CT molecular complexity index is 277. The van der Waals surface area contributed by atoms with Gasteiger partial charge in [-0.15, -0.1) is 0 Å². The Hall–Kier alpha value is -0.0731. The number of nitrogens with zero attached hydrogens (tertiary/aromatic N) is 1. The second-order valence-electron chi connectivity index (χ2n) is 6.08. The lowest BCUT2D eigenvalue weighted by Gasteiger charge is -2.54. The number of alkyl halides is 3. The number of hydrogen-bond donors (Lipinski definition) is 0. The molecule has 0 bridgehead atoms. The van der Waals surface area contributed by atoms with Crippen molar-refractivity contribution in [1.29, 1.82) is 0 Å². The van der Waals surface area contributed by atoms with E-state index >= 15 is 0 Å². The monoisotopic (exact) mass is 285 g/mol. The van der Waals surface area contributed by atoms with E-state index in [0.717, 1.165) is 0 Å². The van der Waals surface area contributed by atoms with Crippen LogP contribution < -0.4 is 0 Å². The quantitative estimate of drug-likeness (QED) is 0.566. The third-order valence-corrected chi connectivity index (χ3v) is 4.55. The Kier molecular flexibility index (Phi) is 5.48. The molecular formula is C12H26F3NOSi. The molecule has 0 aliphatic carbocycles. The molecule has 0 aromatic heterocycles. The van der Waals surface area contributed by atoms with E-state index in [4.69, 9.17) is 4.43 Å². The fourth-order valence-corrected chi connectivity index (χ4v) is 3.58. The van der Waals surface area contributed by atoms with Crippen molar-refractivity contribution in [2.45, 2.75) is 52.7 Å². The molecule has 6 heteroatoms. The summed E-state index contributed by atoms with van der Waals surface area (Å²) in [6.45, 7) is 10.4. The zero-order valence-corrected chi connectivity index (χ0v) is 13.8. The van der Waals surface area contributed by atoms with Gasteiger partial charge < -0.3 is 4.43 Å². The van der Waals surface area contributed by atoms with Crippen LogP contribution in [0.25, 0.3) is 0 Å². The molecule has 2 nitrogen and oxygen atoms in total. The van der Waals surface area contributed by atoms with Crippen LogP contribution in [-0.4, -0.2) is 39.9 Å². The fourth-order valence-electron chi connectivity index (χ4n) is 2.25. The minimum Gasteiger partial charge on any atom is -0.395 e. The zero-order valence-electron chi connectivity index (χ0n) is 12.6. The zero-order chi connectivity index (χ0) is 14.9. The van der Waals surface area contributed by atoms with Crippen LogP contribution in [0, 0.1) is 11.3 Å². The summed E-state index contributed by atoms with van der Waals surface area (Å²) in [7, 11) is 1.02. The molecule has 110 valence electrons. The van der Waals surface area contributed by atoms with Crippen molar-refractivity contribution < 1.29 is 17.6 Å². The SMILES string of the molecule is CC(C)C(C)(C)C(O[SiH](C)C)(N(C)C)C(F)(F)F. The molecule has 0 radical (unpaired) electrons. The van der Waals surface area contributed by atoms with Crippen molar-refractivity contribution in [3.63, 3.8) is 0 Å². The van der Waals surface area contributed by atoms with Gasteiger partial charge in [0.15, 0.2) is 9.04 Å². The van der Waals surface area contributed by atoms with E-state index in [0.29, 0.717) is 0 Å². The smallest absolute Gasteiger partial charge is 0.395 e. The maximum absolute atomic E-state index is 13.7. The molecule has 0 spiro atoms. The average Bonchev–Trinajstić information content (AvgIpc) is 2.10. The molecule has 18 heavy (non-hydrogen) atoms. The summed E-state index contributed by atoms with van der Waals surface area (Å²) in [5.74, 6) is -0.158. The van der Waals surface area contributed by atoms with Crippen LogP contribution in [0.5, 0.6) is 0 Å². The molecular weight excluding hydrogens is 259 g/mol. The van der Waals surface area contributed by atoms with Gasteiger partial charge in [0.25, 0.3) is 0 Å². The largest absolute Gasteiger partial charge is 0.431 e. The van der Waals surface area contributed by atoms with Crippen LogP contribution in [-0.2, 0) is 4.43 Å². The lowest BCUT2D eigenvalue weighted by Crippen LogP contribution is -2.68. The van der Waals surface area contributed by atoms with E-state index in [1.54, 1.807) is 40.8 Å². The standard InChI is InChI=1S/C12H26F3NOSi/c1-9(2)10(3,4)11(16(5)6,12(13,14)15)17-18(7)8/h9,18H,1-8H3. The van der Waals surface area contributed by atoms with E-state index in [1.165, 1.54) is 19.0 Å². The normalized spacial score (nSPS) is 17.7. The van der Waals surface area contributed by atoms with E-state index < -0.39 is 26.4 Å². The van der Waals surface area contributed by atoms with Crippen molar-refractivity contribution in [3.8, 4) is 0 Å². The summed E-state index contributed by atoms with van der Waals surface area (Å²) in [6, 6.07) is 0. The molecule has 1 atom stereocenters. The summed E-state index contributed by atoms with van der Waals surface area (Å²) in [5, 5.41) is 0. The van der Waals surface area contributed by atoms with Crippen LogP contribution in [0.15, 0.2) is 0 Å². The first-order valence-electron chi connectivity index (χ1n) is 6.22. The van der Waals surface area contributed by atoms with Gasteiger partial charge in [-0.3, -0.25) is 4.90 Å². The van der Waals surface area contributed by atoms with E-state index in [9.17, 15) is 13.2 Å². The minimum atomic E-state index is -4.43. The molecule has 0 N–H and O–H groups in total. The summed E-state index contributed by atoms with van der Waals surface area (Å²) in [6.07, 6.45) is -4.43. The molecule has 0 saturated heterocycles. The number of rotatable bonds is 5. The highest BCUT2D eigenvalue weighted by Crippen LogP contribution is 2.51. The predicted octanol–water partition coefficient (Wildman–Crippen LogP) is 3.49. The number of halogens is 3. The molecule has 0 aliphatic heterocycles. The van der Waals surface area contributed by atoms with E-state index in [1.807, 2.05) is 0 Å². The van der Waals surface area contributed by atoms with Gasteiger partial charge in [0.05, 0.1) is 0 Å². The number of hydrogen-bond acceptors (Lipinski definition) is 2. The molecule has 0 fully saturated rings. The summed E-state index contributed by atoms with van der Waals surface area (Å²) < 4.78 is 46.6. The highest BCUT2D eigenvalue weighted by molar-refractivity contribution is 6.48. The van der Waals surface area contributed by atoms with Gasteiger partial charge in [-0.05, 0) is 33.1 Å². The molecule has 0 aromatic rings. The van der Waals surface area contributed by atoms with Gasteiger partial charge in [-0.2, -0.15) is 13.2 Å². The Balaban J connectivity index is 5.94. The first-order chi connectivity index (χ1) is 7.80. The summed E-state index contributed by atoms with van der Waals surface area (Å²) in [5.41, 5.74) is -3.26. The van der Waals surface area contributed by atoms with Gasteiger partial charge in [-0.25, -0.2) is 0 Å². The topological polar surface area (TPSA) is 12.5 Å². The highest BCUT2D eigenvalue weighted by atomic mass is 28.3. The Labute approximate surface area is 110 Å². The molecule has 0 rings (SSSR count). The average molecular weight is 285 g/mol. The van der Waals surface area contributed by atoms with Crippen molar-refractivity contribution in [3.05, 3.63) is 0 Å². The lowest BCUT2D eigenvalue weighted by molar-refractivity contribution is -0.342. The summed E-state index contributed by atoms with van der Waals surface area (Å²) in [4.78, 5) is 1.18. The fraction of sp³-hybridized carbons (Fsp3) is 1.00. The Morgan fingerprint density at radius 1 is 1.06 bits per heavy atom. The van der Waals surface area contributed by atoms with Gasteiger partial charge in [0, 0.05) is 5.41 Å². The van der Waals surface area contributed by atoms with Crippen LogP contribution >= 0.6 is 0 Å². The van der Waals surface area contributed by atoms with Gasteiger partial charge in [0.1, 0.15) is 0 Å². The molecule has 0 aromatic carbocycles. The molecule has 0 aliphatic rings. The molecule has 1 unspecified atom stereocenters. The maximum Gasteiger partial charge on any atom is 0.431 e. The van der Waals surface area contributed by atoms with E-state index in [-0.39, 0.29) is 5.92 Å². The van der Waals surface area contributed by atoms with E-state index in [2.05, 4.69) is 0 Å².